The first-order valence-electron chi connectivity index (χ1n) is 8.81. The van der Waals surface area contributed by atoms with Crippen LogP contribution in [0.4, 0.5) is 28.0 Å². The molecule has 1 aliphatic rings. The van der Waals surface area contributed by atoms with Crippen molar-refractivity contribution in [2.45, 2.75) is 38.8 Å². The maximum atomic E-state index is 14.4. The highest BCUT2D eigenvalue weighted by atomic mass is 19.4. The Morgan fingerprint density at radius 2 is 1.76 bits per heavy atom. The van der Waals surface area contributed by atoms with E-state index in [2.05, 4.69) is 5.43 Å². The summed E-state index contributed by atoms with van der Waals surface area (Å²) in [5.41, 5.74) is -0.0478. The molecule has 3 rings (SSSR count). The smallest absolute Gasteiger partial charge is 0.274 e. The Balaban J connectivity index is 1.94. The summed E-state index contributed by atoms with van der Waals surface area (Å²) < 4.78 is 53.7. The monoisotopic (exact) mass is 409 g/mol. The van der Waals surface area contributed by atoms with E-state index in [1.54, 1.807) is 0 Å². The number of fused-ring (bicyclic) bond motifs is 1. The molecule has 0 bridgehead atoms. The number of carbonyl (C=O) groups is 2. The molecule has 1 unspecified atom stereocenters. The molecule has 0 aliphatic carbocycles. The van der Waals surface area contributed by atoms with E-state index in [0.717, 1.165) is 27.6 Å². The van der Waals surface area contributed by atoms with Gasteiger partial charge in [-0.05, 0) is 35.7 Å². The molecule has 1 heterocycles. The zero-order valence-corrected chi connectivity index (χ0v) is 15.8. The summed E-state index contributed by atoms with van der Waals surface area (Å²) in [4.78, 5) is 25.6. The lowest BCUT2D eigenvalue weighted by Gasteiger charge is -2.36. The van der Waals surface area contributed by atoms with Gasteiger partial charge in [-0.3, -0.25) is 9.80 Å². The van der Waals surface area contributed by atoms with Crippen molar-refractivity contribution in [3.05, 3.63) is 65.2 Å². The number of halogens is 4. The fourth-order valence-electron chi connectivity index (χ4n) is 3.06. The zero-order valence-electron chi connectivity index (χ0n) is 15.8. The highest BCUT2D eigenvalue weighted by molar-refractivity contribution is 6.14. The van der Waals surface area contributed by atoms with Crippen molar-refractivity contribution in [3.63, 3.8) is 0 Å². The topological polar surface area (TPSA) is 52.7 Å². The van der Waals surface area contributed by atoms with Crippen molar-refractivity contribution >= 4 is 17.6 Å². The third-order valence-electron chi connectivity index (χ3n) is 4.78. The van der Waals surface area contributed by atoms with Crippen LogP contribution < -0.4 is 10.3 Å². The summed E-state index contributed by atoms with van der Waals surface area (Å²) in [5.74, 6) is -0.603. The molecule has 0 aromatic heterocycles. The number of urea groups is 1. The molecule has 0 fully saturated rings. The van der Waals surface area contributed by atoms with E-state index in [1.165, 1.54) is 13.0 Å². The Bertz CT molecular complexity index is 929. The van der Waals surface area contributed by atoms with Crippen molar-refractivity contribution in [2.24, 2.45) is 0 Å². The number of carbonyl (C=O) groups excluding carboxylic acids is 2. The quantitative estimate of drug-likeness (QED) is 0.761. The largest absolute Gasteiger partial charge is 0.426 e. The number of imide groups is 1. The molecule has 0 radical (unpaired) electrons. The number of nitrogens with one attached hydrogen (secondary N) is 1. The minimum Gasteiger partial charge on any atom is -0.274 e. The van der Waals surface area contributed by atoms with E-state index < -0.39 is 29.3 Å². The van der Waals surface area contributed by atoms with Crippen LogP contribution in [0.2, 0.25) is 0 Å². The highest BCUT2D eigenvalue weighted by Crippen LogP contribution is 2.43. The molecule has 3 amide bonds. The van der Waals surface area contributed by atoms with Gasteiger partial charge >= 0.3 is 12.2 Å². The summed E-state index contributed by atoms with van der Waals surface area (Å²) in [6.45, 7) is 1.76. The average Bonchev–Trinajstić information content (AvgIpc) is 2.65. The van der Waals surface area contributed by atoms with Crippen LogP contribution in [-0.2, 0) is 23.6 Å². The summed E-state index contributed by atoms with van der Waals surface area (Å²) >= 11 is 0. The molecule has 5 nitrogen and oxygen atoms in total. The van der Waals surface area contributed by atoms with Gasteiger partial charge in [0.15, 0.2) is 0 Å². The first-order valence-corrected chi connectivity index (χ1v) is 8.81. The summed E-state index contributed by atoms with van der Waals surface area (Å²) in [6, 6.07) is 11.6. The van der Waals surface area contributed by atoms with Crippen LogP contribution in [0, 0.1) is 0 Å². The lowest BCUT2D eigenvalue weighted by atomic mass is 9.94. The number of amides is 3. The normalized spacial score (nSPS) is 16.4. The highest BCUT2D eigenvalue weighted by Gasteiger charge is 2.53. The molecule has 0 saturated heterocycles. The minimum atomic E-state index is -5.10. The molecule has 9 heteroatoms. The number of alkyl halides is 4. The molecule has 1 aliphatic heterocycles. The number of hydrazine groups is 1. The third kappa shape index (κ3) is 3.95. The number of anilines is 1. The third-order valence-corrected chi connectivity index (χ3v) is 4.78. The second-order valence-corrected chi connectivity index (χ2v) is 6.89. The molecule has 1 atom stereocenters. The molecule has 29 heavy (non-hydrogen) atoms. The molecule has 0 saturated carbocycles. The first kappa shape index (κ1) is 20.8. The van der Waals surface area contributed by atoms with Gasteiger partial charge in [0.1, 0.15) is 0 Å². The Morgan fingerprint density at radius 3 is 2.34 bits per heavy atom. The van der Waals surface area contributed by atoms with Gasteiger partial charge in [0.25, 0.3) is 0 Å². The van der Waals surface area contributed by atoms with Crippen LogP contribution >= 0.6 is 0 Å². The molecular weight excluding hydrogens is 390 g/mol. The maximum Gasteiger partial charge on any atom is 0.426 e. The summed E-state index contributed by atoms with van der Waals surface area (Å²) in [6.07, 6.45) is -5.10. The predicted molar refractivity (Wildman–Crippen MR) is 98.3 cm³/mol. The van der Waals surface area contributed by atoms with Gasteiger partial charge in [0.05, 0.1) is 12.2 Å². The lowest BCUT2D eigenvalue weighted by Crippen LogP contribution is -2.54. The lowest BCUT2D eigenvalue weighted by molar-refractivity contribution is -0.228. The van der Waals surface area contributed by atoms with E-state index in [4.69, 9.17) is 0 Å². The summed E-state index contributed by atoms with van der Waals surface area (Å²) in [7, 11) is 0. The Labute approximate surface area is 164 Å². The van der Waals surface area contributed by atoms with Gasteiger partial charge in [0, 0.05) is 13.5 Å². The van der Waals surface area contributed by atoms with E-state index in [0.29, 0.717) is 6.92 Å². The van der Waals surface area contributed by atoms with Crippen LogP contribution in [0.15, 0.2) is 48.5 Å². The molecule has 2 aromatic rings. The summed E-state index contributed by atoms with van der Waals surface area (Å²) in [5, 5.41) is 1.13. The van der Waals surface area contributed by atoms with Gasteiger partial charge < -0.3 is 0 Å². The zero-order chi connectivity index (χ0) is 21.4. The second-order valence-electron chi connectivity index (χ2n) is 6.89. The van der Waals surface area contributed by atoms with E-state index in [-0.39, 0.29) is 24.3 Å². The van der Waals surface area contributed by atoms with Gasteiger partial charge in [-0.1, -0.05) is 36.4 Å². The fourth-order valence-corrected chi connectivity index (χ4v) is 3.06. The molecule has 0 spiro atoms. The standard InChI is InChI=1S/C20H19F4N3O2/c1-13(28)27-17-9-8-16(19(2,21)20(22,23)24)10-15(17)12-26(18(27)29)25-11-14-6-4-3-5-7-14/h3-10,25H,11-12H2,1-2H3. The molecular formula is C20H19F4N3O2. The van der Waals surface area contributed by atoms with Gasteiger partial charge in [-0.25, -0.2) is 19.5 Å². The minimum absolute atomic E-state index is 0.118. The van der Waals surface area contributed by atoms with Gasteiger partial charge in [-0.2, -0.15) is 13.2 Å². The predicted octanol–water partition coefficient (Wildman–Crippen LogP) is 4.43. The van der Waals surface area contributed by atoms with Crippen molar-refractivity contribution in [3.8, 4) is 0 Å². The SMILES string of the molecule is CC(=O)N1C(=O)N(NCc2ccccc2)Cc2cc(C(C)(F)C(F)(F)F)ccc21. The Hall–Kier alpha value is -2.94. The van der Waals surface area contributed by atoms with Gasteiger partial charge in [0.2, 0.25) is 11.6 Å². The van der Waals surface area contributed by atoms with Gasteiger partial charge in [-0.15, -0.1) is 0 Å². The Kier molecular flexibility index (Phi) is 5.36. The van der Waals surface area contributed by atoms with Crippen LogP contribution in [-0.4, -0.2) is 23.1 Å². The fraction of sp³-hybridized carbons (Fsp3) is 0.300. The Morgan fingerprint density at radius 1 is 1.10 bits per heavy atom. The number of nitrogens with zero attached hydrogens (tertiary/aromatic N) is 2. The molecule has 2 aromatic carbocycles. The van der Waals surface area contributed by atoms with E-state index in [1.807, 2.05) is 30.3 Å². The van der Waals surface area contributed by atoms with Crippen molar-refractivity contribution in [2.75, 3.05) is 4.90 Å². The number of hydrogen-bond acceptors (Lipinski definition) is 3. The van der Waals surface area contributed by atoms with Crippen LogP contribution in [0.1, 0.15) is 30.5 Å². The number of hydrogen-bond donors (Lipinski definition) is 1. The maximum absolute atomic E-state index is 14.4. The van der Waals surface area contributed by atoms with Crippen LogP contribution in [0.5, 0.6) is 0 Å². The second kappa shape index (κ2) is 7.47. The van der Waals surface area contributed by atoms with Crippen LogP contribution in [0.3, 0.4) is 0 Å². The van der Waals surface area contributed by atoms with Crippen molar-refractivity contribution < 1.29 is 27.2 Å². The van der Waals surface area contributed by atoms with E-state index >= 15 is 0 Å². The van der Waals surface area contributed by atoms with Crippen LogP contribution in [0.25, 0.3) is 0 Å². The van der Waals surface area contributed by atoms with Crippen molar-refractivity contribution in [1.29, 1.82) is 0 Å². The average molecular weight is 409 g/mol. The first-order chi connectivity index (χ1) is 13.5. The molecule has 1 N–H and O–H groups in total. The molecule has 154 valence electrons. The number of rotatable bonds is 4. The number of benzene rings is 2. The van der Waals surface area contributed by atoms with Crippen molar-refractivity contribution in [1.82, 2.24) is 10.4 Å². The van der Waals surface area contributed by atoms with E-state index in [9.17, 15) is 27.2 Å².